The van der Waals surface area contributed by atoms with Crippen LogP contribution in [0.2, 0.25) is 10.0 Å². The van der Waals surface area contributed by atoms with Gasteiger partial charge < -0.3 is 5.11 Å². The molecule has 17 heavy (non-hydrogen) atoms. The number of hydrogen-bond acceptors (Lipinski definition) is 3. The molecule has 4 nitrogen and oxygen atoms in total. The topological polar surface area (TPSA) is 66.4 Å². The van der Waals surface area contributed by atoms with Gasteiger partial charge in [-0.1, -0.05) is 29.3 Å². The summed E-state index contributed by atoms with van der Waals surface area (Å²) in [5, 5.41) is 9.47. The number of aliphatic hydroxyl groups excluding tert-OH is 1. The van der Waals surface area contributed by atoms with Crippen molar-refractivity contribution in [3.63, 3.8) is 0 Å². The van der Waals surface area contributed by atoms with Gasteiger partial charge in [0.15, 0.2) is 0 Å². The molecular formula is C10H13Cl2NO3S. The molecular weight excluding hydrogens is 285 g/mol. The molecule has 1 rings (SSSR count). The zero-order valence-electron chi connectivity index (χ0n) is 9.15. The molecule has 0 amide bonds. The fourth-order valence-electron chi connectivity index (χ4n) is 1.23. The van der Waals surface area contributed by atoms with Crippen molar-refractivity contribution in [2.24, 2.45) is 0 Å². The Labute approximate surface area is 111 Å². The Hall–Kier alpha value is -0.330. The van der Waals surface area contributed by atoms with Gasteiger partial charge in [0.2, 0.25) is 10.0 Å². The van der Waals surface area contributed by atoms with E-state index in [1.165, 1.54) is 6.07 Å². The Kier molecular flexibility index (Phi) is 5.22. The highest BCUT2D eigenvalue weighted by Crippen LogP contribution is 2.23. The first-order valence-corrected chi connectivity index (χ1v) is 7.29. The predicted molar refractivity (Wildman–Crippen MR) is 68.8 cm³/mol. The minimum Gasteiger partial charge on any atom is -0.395 e. The SMILES string of the molecule is C[C@H](CO)NS(=O)(=O)Cc1ccc(Cl)c(Cl)c1. The van der Waals surface area contributed by atoms with Gasteiger partial charge in [0.1, 0.15) is 0 Å². The molecule has 1 aromatic carbocycles. The normalized spacial score (nSPS) is 13.6. The number of aliphatic hydroxyl groups is 1. The van der Waals surface area contributed by atoms with Crippen LogP contribution in [0.4, 0.5) is 0 Å². The van der Waals surface area contributed by atoms with Gasteiger partial charge in [0.05, 0.1) is 22.4 Å². The summed E-state index contributed by atoms with van der Waals surface area (Å²) in [4.78, 5) is 0. The first-order chi connectivity index (χ1) is 7.84. The quantitative estimate of drug-likeness (QED) is 0.871. The Morgan fingerprint density at radius 3 is 2.53 bits per heavy atom. The molecule has 7 heteroatoms. The largest absolute Gasteiger partial charge is 0.395 e. The third-order valence-electron chi connectivity index (χ3n) is 2.00. The van der Waals surface area contributed by atoms with Crippen LogP contribution in [0.5, 0.6) is 0 Å². The maximum atomic E-state index is 11.7. The monoisotopic (exact) mass is 297 g/mol. The Bertz CT molecular complexity index is 490. The summed E-state index contributed by atoms with van der Waals surface area (Å²) in [5.41, 5.74) is 0.539. The van der Waals surface area contributed by atoms with Gasteiger partial charge in [-0.05, 0) is 24.6 Å². The van der Waals surface area contributed by atoms with E-state index in [1.54, 1.807) is 19.1 Å². The Balaban J connectivity index is 2.80. The molecule has 0 radical (unpaired) electrons. The van der Waals surface area contributed by atoms with Crippen molar-refractivity contribution in [1.82, 2.24) is 4.72 Å². The number of rotatable bonds is 5. The van der Waals surface area contributed by atoms with Gasteiger partial charge in [0.25, 0.3) is 0 Å². The lowest BCUT2D eigenvalue weighted by atomic mass is 10.2. The summed E-state index contributed by atoms with van der Waals surface area (Å²) in [6.45, 7) is 1.33. The van der Waals surface area contributed by atoms with Crippen LogP contribution in [0, 0.1) is 0 Å². The molecule has 0 aromatic heterocycles. The Morgan fingerprint density at radius 2 is 2.00 bits per heavy atom. The van der Waals surface area contributed by atoms with Crippen molar-refractivity contribution in [2.75, 3.05) is 6.61 Å². The van der Waals surface area contributed by atoms with E-state index in [0.717, 1.165) is 0 Å². The minimum atomic E-state index is -3.49. The fourth-order valence-corrected chi connectivity index (χ4v) is 2.94. The highest BCUT2D eigenvalue weighted by atomic mass is 35.5. The molecule has 0 spiro atoms. The third-order valence-corrected chi connectivity index (χ3v) is 4.21. The molecule has 0 fully saturated rings. The molecule has 0 aliphatic carbocycles. The van der Waals surface area contributed by atoms with Gasteiger partial charge in [-0.25, -0.2) is 13.1 Å². The van der Waals surface area contributed by atoms with E-state index in [1.807, 2.05) is 0 Å². The second kappa shape index (κ2) is 6.02. The van der Waals surface area contributed by atoms with E-state index >= 15 is 0 Å². The maximum Gasteiger partial charge on any atom is 0.216 e. The summed E-state index contributed by atoms with van der Waals surface area (Å²) < 4.78 is 25.7. The van der Waals surface area contributed by atoms with Crippen molar-refractivity contribution in [3.8, 4) is 0 Å². The summed E-state index contributed by atoms with van der Waals surface area (Å²) in [6, 6.07) is 4.14. The number of sulfonamides is 1. The minimum absolute atomic E-state index is 0.200. The molecule has 1 aromatic rings. The molecule has 1 atom stereocenters. The lowest BCUT2D eigenvalue weighted by molar-refractivity contribution is 0.265. The standard InChI is InChI=1S/C10H13Cl2NO3S/c1-7(5-14)13-17(15,16)6-8-2-3-9(11)10(12)4-8/h2-4,7,13-14H,5-6H2,1H3/t7-/m1/s1. The Morgan fingerprint density at radius 1 is 1.35 bits per heavy atom. The first-order valence-electron chi connectivity index (χ1n) is 4.89. The smallest absolute Gasteiger partial charge is 0.216 e. The van der Waals surface area contributed by atoms with E-state index in [4.69, 9.17) is 28.3 Å². The zero-order valence-corrected chi connectivity index (χ0v) is 11.5. The number of nitrogens with one attached hydrogen (secondary N) is 1. The van der Waals surface area contributed by atoms with Crippen LogP contribution in [0.15, 0.2) is 18.2 Å². The second-order valence-electron chi connectivity index (χ2n) is 3.71. The summed E-state index contributed by atoms with van der Waals surface area (Å²) >= 11 is 11.5. The highest BCUT2D eigenvalue weighted by molar-refractivity contribution is 7.88. The fraction of sp³-hybridized carbons (Fsp3) is 0.400. The average molecular weight is 298 g/mol. The van der Waals surface area contributed by atoms with Crippen molar-refractivity contribution < 1.29 is 13.5 Å². The van der Waals surface area contributed by atoms with E-state index < -0.39 is 16.1 Å². The van der Waals surface area contributed by atoms with Crippen LogP contribution in [0.25, 0.3) is 0 Å². The number of hydrogen-bond donors (Lipinski definition) is 2. The lowest BCUT2D eigenvalue weighted by Crippen LogP contribution is -2.35. The van der Waals surface area contributed by atoms with Gasteiger partial charge in [-0.15, -0.1) is 0 Å². The van der Waals surface area contributed by atoms with Crippen LogP contribution >= 0.6 is 23.2 Å². The second-order valence-corrected chi connectivity index (χ2v) is 6.28. The van der Waals surface area contributed by atoms with E-state index in [-0.39, 0.29) is 12.4 Å². The molecule has 0 aliphatic rings. The van der Waals surface area contributed by atoms with Gasteiger partial charge >= 0.3 is 0 Å². The first kappa shape index (κ1) is 14.7. The van der Waals surface area contributed by atoms with Gasteiger partial charge in [-0.2, -0.15) is 0 Å². The van der Waals surface area contributed by atoms with E-state index in [2.05, 4.69) is 4.72 Å². The highest BCUT2D eigenvalue weighted by Gasteiger charge is 2.15. The molecule has 2 N–H and O–H groups in total. The molecule has 96 valence electrons. The van der Waals surface area contributed by atoms with Crippen molar-refractivity contribution in [2.45, 2.75) is 18.7 Å². The summed E-state index contributed by atoms with van der Waals surface area (Å²) in [5.74, 6) is -0.200. The van der Waals surface area contributed by atoms with Crippen molar-refractivity contribution in [1.29, 1.82) is 0 Å². The number of benzene rings is 1. The van der Waals surface area contributed by atoms with Crippen LogP contribution in [-0.4, -0.2) is 26.2 Å². The lowest BCUT2D eigenvalue weighted by Gasteiger charge is -2.11. The number of halogens is 2. The molecule has 0 bridgehead atoms. The third kappa shape index (κ3) is 4.81. The maximum absolute atomic E-state index is 11.7. The predicted octanol–water partition coefficient (Wildman–Crippen LogP) is 1.79. The molecule has 0 aliphatic heterocycles. The summed E-state index contributed by atoms with van der Waals surface area (Å²) in [7, 11) is -3.49. The van der Waals surface area contributed by atoms with Crippen LogP contribution in [0.1, 0.15) is 12.5 Å². The van der Waals surface area contributed by atoms with Crippen molar-refractivity contribution in [3.05, 3.63) is 33.8 Å². The molecule has 0 heterocycles. The van der Waals surface area contributed by atoms with E-state index in [0.29, 0.717) is 15.6 Å². The summed E-state index contributed by atoms with van der Waals surface area (Å²) in [6.07, 6.45) is 0. The zero-order chi connectivity index (χ0) is 13.1. The van der Waals surface area contributed by atoms with Gasteiger partial charge in [0, 0.05) is 6.04 Å². The molecule has 0 saturated heterocycles. The van der Waals surface area contributed by atoms with Crippen LogP contribution in [0.3, 0.4) is 0 Å². The molecule has 0 saturated carbocycles. The van der Waals surface area contributed by atoms with Crippen molar-refractivity contribution >= 4 is 33.2 Å². The van der Waals surface area contributed by atoms with E-state index in [9.17, 15) is 8.42 Å². The van der Waals surface area contributed by atoms with Gasteiger partial charge in [-0.3, -0.25) is 0 Å². The average Bonchev–Trinajstić information content (AvgIpc) is 2.22. The van der Waals surface area contributed by atoms with Crippen LogP contribution in [-0.2, 0) is 15.8 Å². The molecule has 0 unspecified atom stereocenters. The van der Waals surface area contributed by atoms with Crippen LogP contribution < -0.4 is 4.72 Å².